The van der Waals surface area contributed by atoms with Gasteiger partial charge in [0, 0.05) is 12.8 Å². The van der Waals surface area contributed by atoms with Gasteiger partial charge in [-0.2, -0.15) is 0 Å². The fourth-order valence-electron chi connectivity index (χ4n) is 3.34. The Hall–Kier alpha value is -1.10. The lowest BCUT2D eigenvalue weighted by molar-refractivity contribution is -0.146. The molecule has 0 saturated carbocycles. The van der Waals surface area contributed by atoms with Crippen LogP contribution in [0, 0.1) is 0 Å². The third-order valence-electron chi connectivity index (χ3n) is 4.99. The smallest absolute Gasteiger partial charge is 0.305 e. The lowest BCUT2D eigenvalue weighted by atomic mass is 10.0. The van der Waals surface area contributed by atoms with Gasteiger partial charge in [0.05, 0.1) is 13.2 Å². The van der Waals surface area contributed by atoms with E-state index in [-0.39, 0.29) is 25.2 Å². The summed E-state index contributed by atoms with van der Waals surface area (Å²) in [5, 5.41) is 0. The largest absolute Gasteiger partial charge is 0.463 e. The van der Waals surface area contributed by atoms with Gasteiger partial charge in [0.2, 0.25) is 0 Å². The van der Waals surface area contributed by atoms with E-state index in [0.29, 0.717) is 26.1 Å². The molecule has 1 fully saturated rings. The van der Waals surface area contributed by atoms with Gasteiger partial charge in [-0.1, -0.05) is 77.0 Å². The molecule has 1 saturated heterocycles. The maximum Gasteiger partial charge on any atom is 0.305 e. The maximum absolute atomic E-state index is 11.6. The van der Waals surface area contributed by atoms with E-state index < -0.39 is 0 Å². The van der Waals surface area contributed by atoms with E-state index in [0.717, 1.165) is 25.7 Å². The van der Waals surface area contributed by atoms with E-state index in [1.54, 1.807) is 0 Å². The molecular weight excluding hydrogens is 344 g/mol. The van der Waals surface area contributed by atoms with Gasteiger partial charge in [-0.05, 0) is 12.8 Å². The molecule has 158 valence electrons. The lowest BCUT2D eigenvalue weighted by Crippen LogP contribution is -2.14. The number of rotatable bonds is 0. The molecule has 1 aliphatic rings. The van der Waals surface area contributed by atoms with Gasteiger partial charge in [0.25, 0.3) is 0 Å². The zero-order valence-electron chi connectivity index (χ0n) is 17.2. The van der Waals surface area contributed by atoms with Crippen LogP contribution in [0.2, 0.25) is 0 Å². The van der Waals surface area contributed by atoms with Gasteiger partial charge in [0.1, 0.15) is 13.2 Å². The minimum absolute atomic E-state index is 0.143. The summed E-state index contributed by atoms with van der Waals surface area (Å²) in [7, 11) is 0. The molecule has 0 N–H and O–H groups in total. The Morgan fingerprint density at radius 1 is 0.407 bits per heavy atom. The van der Waals surface area contributed by atoms with Crippen LogP contribution in [-0.2, 0) is 23.8 Å². The van der Waals surface area contributed by atoms with E-state index in [1.165, 1.54) is 64.2 Å². The van der Waals surface area contributed by atoms with Crippen LogP contribution in [0.5, 0.6) is 0 Å². The first kappa shape index (κ1) is 23.9. The van der Waals surface area contributed by atoms with Crippen LogP contribution in [0.1, 0.15) is 103 Å². The number of ether oxygens (including phenoxy) is 3. The summed E-state index contributed by atoms with van der Waals surface area (Å²) in [4.78, 5) is 23.2. The Balaban J connectivity index is 2.15. The molecule has 0 aromatic rings. The minimum Gasteiger partial charge on any atom is -0.463 e. The van der Waals surface area contributed by atoms with Gasteiger partial charge in [-0.15, -0.1) is 0 Å². The van der Waals surface area contributed by atoms with Gasteiger partial charge < -0.3 is 14.2 Å². The number of hydrogen-bond acceptors (Lipinski definition) is 5. The summed E-state index contributed by atoms with van der Waals surface area (Å²) in [6, 6.07) is 0. The summed E-state index contributed by atoms with van der Waals surface area (Å²) >= 11 is 0. The normalized spacial score (nSPS) is 22.7. The average Bonchev–Trinajstić information content (AvgIpc) is 2.66. The molecule has 1 heterocycles. The monoisotopic (exact) mass is 384 g/mol. The van der Waals surface area contributed by atoms with Crippen LogP contribution in [-0.4, -0.2) is 38.4 Å². The van der Waals surface area contributed by atoms with Gasteiger partial charge in [-0.3, -0.25) is 9.59 Å². The second kappa shape index (κ2) is 18.3. The molecule has 5 nitrogen and oxygen atoms in total. The zero-order chi connectivity index (χ0) is 19.4. The second-order valence-corrected chi connectivity index (χ2v) is 7.50. The quantitative estimate of drug-likeness (QED) is 0.527. The fourth-order valence-corrected chi connectivity index (χ4v) is 3.34. The Kier molecular flexibility index (Phi) is 16.2. The maximum atomic E-state index is 11.6. The van der Waals surface area contributed by atoms with Crippen molar-refractivity contribution in [2.75, 3.05) is 26.4 Å². The molecule has 0 aromatic carbocycles. The van der Waals surface area contributed by atoms with Crippen molar-refractivity contribution in [1.82, 2.24) is 0 Å². The lowest BCUT2D eigenvalue weighted by Gasteiger charge is -2.07. The van der Waals surface area contributed by atoms with Crippen molar-refractivity contribution >= 4 is 11.9 Å². The predicted octanol–water partition coefficient (Wildman–Crippen LogP) is 5.34. The highest BCUT2D eigenvalue weighted by molar-refractivity contribution is 5.69. The van der Waals surface area contributed by atoms with Crippen molar-refractivity contribution in [2.45, 2.75) is 103 Å². The Morgan fingerprint density at radius 2 is 0.704 bits per heavy atom. The number of cyclic esters (lactones) is 2. The molecule has 0 amide bonds. The number of hydrogen-bond donors (Lipinski definition) is 0. The molecule has 1 rings (SSSR count). The molecular formula is C22H40O5. The highest BCUT2D eigenvalue weighted by atomic mass is 16.6. The molecule has 27 heavy (non-hydrogen) atoms. The van der Waals surface area contributed by atoms with Crippen molar-refractivity contribution in [3.05, 3.63) is 0 Å². The van der Waals surface area contributed by atoms with E-state index in [9.17, 15) is 9.59 Å². The van der Waals surface area contributed by atoms with Crippen LogP contribution >= 0.6 is 0 Å². The van der Waals surface area contributed by atoms with Crippen LogP contribution < -0.4 is 0 Å². The van der Waals surface area contributed by atoms with Crippen molar-refractivity contribution in [1.29, 1.82) is 0 Å². The molecule has 0 spiro atoms. The molecule has 0 bridgehead atoms. The van der Waals surface area contributed by atoms with Crippen molar-refractivity contribution < 1.29 is 23.8 Å². The Bertz CT molecular complexity index is 336. The number of carbonyl (C=O) groups excluding carboxylic acids is 2. The standard InChI is InChI=1S/C22H40O5/c23-21-15-13-11-9-7-5-3-1-2-4-6-8-10-12-14-16-22(24)27-20-18-25-17-19-26-21/h1-20H2. The van der Waals surface area contributed by atoms with Crippen molar-refractivity contribution in [2.24, 2.45) is 0 Å². The third kappa shape index (κ3) is 16.8. The van der Waals surface area contributed by atoms with Gasteiger partial charge >= 0.3 is 11.9 Å². The SMILES string of the molecule is O=C1CCCCCCCCCCCCCCCCC(=O)OCCOCCO1. The van der Waals surface area contributed by atoms with Crippen molar-refractivity contribution in [3.8, 4) is 0 Å². The highest BCUT2D eigenvalue weighted by Gasteiger charge is 2.04. The van der Waals surface area contributed by atoms with Crippen LogP contribution in [0.3, 0.4) is 0 Å². The predicted molar refractivity (Wildman–Crippen MR) is 107 cm³/mol. The van der Waals surface area contributed by atoms with Gasteiger partial charge in [0.15, 0.2) is 0 Å². The first-order chi connectivity index (χ1) is 13.3. The molecule has 0 atom stereocenters. The Labute approximate surface area is 165 Å². The van der Waals surface area contributed by atoms with E-state index in [1.807, 2.05) is 0 Å². The average molecular weight is 385 g/mol. The fraction of sp³-hybridized carbons (Fsp3) is 0.909. The second-order valence-electron chi connectivity index (χ2n) is 7.50. The Morgan fingerprint density at radius 3 is 1.04 bits per heavy atom. The van der Waals surface area contributed by atoms with Gasteiger partial charge in [-0.25, -0.2) is 0 Å². The summed E-state index contributed by atoms with van der Waals surface area (Å²) in [6.45, 7) is 1.24. The van der Waals surface area contributed by atoms with E-state index in [2.05, 4.69) is 0 Å². The van der Waals surface area contributed by atoms with E-state index >= 15 is 0 Å². The van der Waals surface area contributed by atoms with E-state index in [4.69, 9.17) is 14.2 Å². The molecule has 0 aromatic heterocycles. The zero-order valence-corrected chi connectivity index (χ0v) is 17.2. The molecule has 0 unspecified atom stereocenters. The topological polar surface area (TPSA) is 61.8 Å². The third-order valence-corrected chi connectivity index (χ3v) is 4.99. The molecule has 0 radical (unpaired) electrons. The molecule has 0 aliphatic carbocycles. The van der Waals surface area contributed by atoms with Crippen LogP contribution in [0.4, 0.5) is 0 Å². The van der Waals surface area contributed by atoms with Crippen LogP contribution in [0.15, 0.2) is 0 Å². The molecule has 1 aliphatic heterocycles. The van der Waals surface area contributed by atoms with Crippen molar-refractivity contribution in [3.63, 3.8) is 0 Å². The summed E-state index contributed by atoms with van der Waals surface area (Å²) in [6.07, 6.45) is 18.0. The summed E-state index contributed by atoms with van der Waals surface area (Å²) in [5.41, 5.74) is 0. The number of carbonyl (C=O) groups is 2. The first-order valence-corrected chi connectivity index (χ1v) is 11.2. The number of esters is 2. The summed E-state index contributed by atoms with van der Waals surface area (Å²) < 4.78 is 15.6. The van der Waals surface area contributed by atoms with Crippen LogP contribution in [0.25, 0.3) is 0 Å². The minimum atomic E-state index is -0.143. The molecule has 5 heteroatoms. The first-order valence-electron chi connectivity index (χ1n) is 11.2. The summed E-state index contributed by atoms with van der Waals surface area (Å²) in [5.74, 6) is -0.286. The highest BCUT2D eigenvalue weighted by Crippen LogP contribution is 2.14.